The van der Waals surface area contributed by atoms with Gasteiger partial charge in [0.25, 0.3) is 0 Å². The minimum Gasteiger partial charge on any atom is -0.390 e. The van der Waals surface area contributed by atoms with Crippen LogP contribution < -0.4 is 0 Å². The molecule has 3 heterocycles. The largest absolute Gasteiger partial charge is 0.390 e. The van der Waals surface area contributed by atoms with Crippen LogP contribution in [0.1, 0.15) is 30.9 Å². The van der Waals surface area contributed by atoms with Gasteiger partial charge in [0.05, 0.1) is 18.0 Å². The molecule has 0 saturated carbocycles. The second kappa shape index (κ2) is 8.10. The predicted octanol–water partition coefficient (Wildman–Crippen LogP) is 3.43. The van der Waals surface area contributed by atoms with E-state index in [1.165, 1.54) is 0 Å². The molecule has 138 valence electrons. The fraction of sp³-hybridized carbons (Fsp3) is 0.211. The molecule has 3 aromatic rings. The number of halogens is 2. The smallest absolute Gasteiger partial charge is 0.128 e. The van der Waals surface area contributed by atoms with Gasteiger partial charge in [0.15, 0.2) is 0 Å². The minimum atomic E-state index is -0.956. The SMILES string of the molecule is CC(C)(c1cccc(CO)n1)c1cccc(-c2[c-]cc(F)nc2F)n1.[Pt]. The Hall–Kier alpha value is -2.04. The van der Waals surface area contributed by atoms with Gasteiger partial charge < -0.3 is 10.1 Å². The van der Waals surface area contributed by atoms with Gasteiger partial charge in [-0.2, -0.15) is 0 Å². The third-order valence-electron chi connectivity index (χ3n) is 4.00. The molecule has 3 rings (SSSR count). The Morgan fingerprint density at radius 2 is 1.65 bits per heavy atom. The first kappa shape index (κ1) is 20.3. The van der Waals surface area contributed by atoms with Crippen molar-refractivity contribution in [2.45, 2.75) is 25.9 Å². The van der Waals surface area contributed by atoms with E-state index in [0.717, 1.165) is 11.8 Å². The summed E-state index contributed by atoms with van der Waals surface area (Å²) in [6, 6.07) is 14.1. The second-order valence-corrected chi connectivity index (χ2v) is 6.09. The van der Waals surface area contributed by atoms with Crippen LogP contribution in [0.25, 0.3) is 11.3 Å². The summed E-state index contributed by atoms with van der Waals surface area (Å²) in [5.74, 6) is -1.88. The van der Waals surface area contributed by atoms with Gasteiger partial charge in [-0.25, -0.2) is 8.78 Å². The van der Waals surface area contributed by atoms with Crippen molar-refractivity contribution in [3.63, 3.8) is 0 Å². The van der Waals surface area contributed by atoms with E-state index in [0.29, 0.717) is 17.1 Å². The summed E-state index contributed by atoms with van der Waals surface area (Å²) in [5.41, 5.74) is 1.69. The van der Waals surface area contributed by atoms with Crippen LogP contribution in [0.3, 0.4) is 0 Å². The third kappa shape index (κ3) is 4.02. The molecule has 0 unspecified atom stereocenters. The van der Waals surface area contributed by atoms with Crippen molar-refractivity contribution in [1.29, 1.82) is 0 Å². The molecular formula is C19H16F2N3OPt-. The predicted molar refractivity (Wildman–Crippen MR) is 88.5 cm³/mol. The van der Waals surface area contributed by atoms with Crippen LogP contribution in [0.4, 0.5) is 8.78 Å². The Morgan fingerprint density at radius 3 is 2.31 bits per heavy atom. The zero-order valence-corrected chi connectivity index (χ0v) is 16.4. The maximum atomic E-state index is 13.9. The van der Waals surface area contributed by atoms with Crippen molar-refractivity contribution in [2.24, 2.45) is 0 Å². The fourth-order valence-corrected chi connectivity index (χ4v) is 2.52. The average molecular weight is 535 g/mol. The standard InChI is InChI=1S/C19H16F2N3O.Pt/c1-19(2,15-7-3-5-12(11-25)22-15)16-8-4-6-14(23-16)13-9-10-17(20)24-18(13)21;/h3-8,10,25H,11H2,1-2H3;/q-1;. The van der Waals surface area contributed by atoms with E-state index < -0.39 is 17.3 Å². The Balaban J connectivity index is 0.00000243. The number of aliphatic hydroxyl groups is 1. The maximum absolute atomic E-state index is 13.9. The summed E-state index contributed by atoms with van der Waals surface area (Å²) < 4.78 is 26.9. The summed E-state index contributed by atoms with van der Waals surface area (Å²) in [5, 5.41) is 9.28. The fourth-order valence-electron chi connectivity index (χ4n) is 2.52. The minimum absolute atomic E-state index is 0. The van der Waals surface area contributed by atoms with E-state index in [4.69, 9.17) is 0 Å². The normalized spacial score (nSPS) is 11.1. The molecule has 4 nitrogen and oxygen atoms in total. The van der Waals surface area contributed by atoms with Gasteiger partial charge in [0.2, 0.25) is 0 Å². The van der Waals surface area contributed by atoms with E-state index in [2.05, 4.69) is 21.0 Å². The molecule has 0 atom stereocenters. The monoisotopic (exact) mass is 535 g/mol. The zero-order chi connectivity index (χ0) is 18.0. The summed E-state index contributed by atoms with van der Waals surface area (Å²) in [6.07, 6.45) is 0. The number of pyridine rings is 3. The number of hydrogen-bond donors (Lipinski definition) is 1. The van der Waals surface area contributed by atoms with Gasteiger partial charge in [-0.15, -0.1) is 6.07 Å². The first-order valence-corrected chi connectivity index (χ1v) is 7.70. The van der Waals surface area contributed by atoms with Crippen molar-refractivity contribution < 1.29 is 35.0 Å². The van der Waals surface area contributed by atoms with Crippen LogP contribution in [-0.2, 0) is 33.1 Å². The summed E-state index contributed by atoms with van der Waals surface area (Å²) in [4.78, 5) is 12.1. The topological polar surface area (TPSA) is 58.9 Å². The van der Waals surface area contributed by atoms with Crippen molar-refractivity contribution in [2.75, 3.05) is 0 Å². The Morgan fingerprint density at radius 1 is 1.00 bits per heavy atom. The van der Waals surface area contributed by atoms with Gasteiger partial charge in [0, 0.05) is 32.2 Å². The number of hydrogen-bond acceptors (Lipinski definition) is 4. The van der Waals surface area contributed by atoms with E-state index >= 15 is 0 Å². The average Bonchev–Trinajstić information content (AvgIpc) is 2.62. The van der Waals surface area contributed by atoms with Crippen LogP contribution in [0, 0.1) is 18.0 Å². The Bertz CT molecular complexity index is 919. The molecule has 0 radical (unpaired) electrons. The number of rotatable bonds is 4. The molecule has 3 aromatic heterocycles. The van der Waals surface area contributed by atoms with Gasteiger partial charge >= 0.3 is 0 Å². The first-order chi connectivity index (χ1) is 11.9. The molecule has 0 aliphatic carbocycles. The van der Waals surface area contributed by atoms with Crippen LogP contribution in [-0.4, -0.2) is 20.1 Å². The Labute approximate surface area is 164 Å². The number of aliphatic hydroxyl groups excluding tert-OH is 1. The number of nitrogens with zero attached hydrogens (tertiary/aromatic N) is 3. The van der Waals surface area contributed by atoms with E-state index in [1.54, 1.807) is 18.2 Å². The first-order valence-electron chi connectivity index (χ1n) is 7.70. The number of aromatic nitrogens is 3. The van der Waals surface area contributed by atoms with Gasteiger partial charge in [-0.1, -0.05) is 29.8 Å². The third-order valence-corrected chi connectivity index (χ3v) is 4.00. The van der Waals surface area contributed by atoms with Crippen LogP contribution in [0.2, 0.25) is 0 Å². The molecular weight excluding hydrogens is 519 g/mol. The summed E-state index contributed by atoms with van der Waals surface area (Å²) >= 11 is 0. The molecule has 0 aliphatic rings. The van der Waals surface area contributed by atoms with Crippen molar-refractivity contribution in [1.82, 2.24) is 15.0 Å². The second-order valence-electron chi connectivity index (χ2n) is 6.09. The zero-order valence-electron chi connectivity index (χ0n) is 14.1. The molecule has 0 bridgehead atoms. The van der Waals surface area contributed by atoms with Gasteiger partial charge in [0.1, 0.15) is 11.9 Å². The molecule has 0 aliphatic heterocycles. The summed E-state index contributed by atoms with van der Waals surface area (Å²) in [6.45, 7) is 3.72. The van der Waals surface area contributed by atoms with Gasteiger partial charge in [-0.05, 0) is 37.7 Å². The van der Waals surface area contributed by atoms with Crippen molar-refractivity contribution >= 4 is 0 Å². The molecule has 26 heavy (non-hydrogen) atoms. The van der Waals surface area contributed by atoms with E-state index in [1.807, 2.05) is 32.0 Å². The molecule has 0 spiro atoms. The van der Waals surface area contributed by atoms with Crippen molar-refractivity contribution in [3.05, 3.63) is 77.5 Å². The van der Waals surface area contributed by atoms with E-state index in [-0.39, 0.29) is 33.2 Å². The van der Waals surface area contributed by atoms with E-state index in [9.17, 15) is 13.9 Å². The maximum Gasteiger partial charge on any atom is 0.128 e. The Kier molecular flexibility index (Phi) is 6.32. The summed E-state index contributed by atoms with van der Waals surface area (Å²) in [7, 11) is 0. The van der Waals surface area contributed by atoms with Gasteiger partial charge in [-0.3, -0.25) is 9.97 Å². The van der Waals surface area contributed by atoms with Crippen molar-refractivity contribution in [3.8, 4) is 11.3 Å². The van der Waals surface area contributed by atoms with Crippen LogP contribution in [0.5, 0.6) is 0 Å². The molecule has 0 amide bonds. The molecule has 0 fully saturated rings. The molecule has 7 heteroatoms. The van der Waals surface area contributed by atoms with Crippen LogP contribution >= 0.6 is 0 Å². The quantitative estimate of drug-likeness (QED) is 0.411. The molecule has 1 N–H and O–H groups in total. The molecule has 0 aromatic carbocycles. The van der Waals surface area contributed by atoms with Crippen LogP contribution in [0.15, 0.2) is 42.5 Å². The molecule has 0 saturated heterocycles.